The van der Waals surface area contributed by atoms with Crippen LogP contribution < -0.4 is 13.9 Å². The van der Waals surface area contributed by atoms with Gasteiger partial charge in [-0.15, -0.1) is 0 Å². The van der Waals surface area contributed by atoms with Gasteiger partial charge in [0, 0.05) is 0 Å². The third kappa shape index (κ3) is 10.2. The van der Waals surface area contributed by atoms with E-state index in [-0.39, 0.29) is 45.4 Å². The molecule has 0 amide bonds. The monoisotopic (exact) mass is 550 g/mol. The second-order valence-electron chi connectivity index (χ2n) is 8.46. The maximum atomic E-state index is 13.0. The van der Waals surface area contributed by atoms with Crippen molar-refractivity contribution in [1.82, 2.24) is 0 Å². The first-order chi connectivity index (χ1) is 15.5. The van der Waals surface area contributed by atoms with E-state index < -0.39 is 26.8 Å². The predicted octanol–water partition coefficient (Wildman–Crippen LogP) is 4.64. The fraction of sp³-hybridized carbons (Fsp3) is 0.435. The van der Waals surface area contributed by atoms with Crippen LogP contribution in [0, 0.1) is 0 Å². The molecule has 5 nitrogen and oxygen atoms in total. The zero-order valence-corrected chi connectivity index (χ0v) is 21.9. The molecule has 0 unspecified atom stereocenters. The molecule has 2 aromatic carbocycles. The Bertz CT molecular complexity index is 901. The van der Waals surface area contributed by atoms with Gasteiger partial charge in [0.25, 0.3) is 0 Å². The summed E-state index contributed by atoms with van der Waals surface area (Å²) in [6.07, 6.45) is -4.49. The second kappa shape index (κ2) is 12.5. The van der Waals surface area contributed by atoms with Crippen LogP contribution in [0.25, 0.3) is 0 Å². The Balaban J connectivity index is 2.38. The van der Waals surface area contributed by atoms with Crippen LogP contribution in [0.4, 0.5) is 13.2 Å². The first-order valence-electron chi connectivity index (χ1n) is 10.3. The van der Waals surface area contributed by atoms with E-state index in [1.165, 1.54) is 19.2 Å². The average molecular weight is 550 g/mol. The Kier molecular flexibility index (Phi) is 10.3. The first-order valence-corrected chi connectivity index (χ1v) is 16.1. The fourth-order valence-corrected chi connectivity index (χ4v) is 5.28. The summed E-state index contributed by atoms with van der Waals surface area (Å²) in [6.45, 7) is 5.17. The summed E-state index contributed by atoms with van der Waals surface area (Å²) >= 11 is -0.0736. The molecule has 0 N–H and O–H groups in total. The molecule has 10 heteroatoms. The Labute approximate surface area is 199 Å². The maximum absolute atomic E-state index is 13.0. The van der Waals surface area contributed by atoms with E-state index in [9.17, 15) is 18.0 Å². The van der Waals surface area contributed by atoms with Gasteiger partial charge < -0.3 is 0 Å². The SMILES string of the molecule is COCOc1cc(OCC(F)(F)F)cc(C[Se]c2ccccc2)c1C(=O)OCC[Si](C)(C)C. The van der Waals surface area contributed by atoms with Crippen molar-refractivity contribution < 1.29 is 36.9 Å². The van der Waals surface area contributed by atoms with Crippen molar-refractivity contribution in [3.05, 3.63) is 53.6 Å². The van der Waals surface area contributed by atoms with E-state index in [1.807, 2.05) is 30.3 Å². The van der Waals surface area contributed by atoms with E-state index in [2.05, 4.69) is 19.6 Å². The Morgan fingerprint density at radius 2 is 1.76 bits per heavy atom. The third-order valence-corrected chi connectivity index (χ3v) is 8.25. The van der Waals surface area contributed by atoms with Crippen molar-refractivity contribution in [3.8, 4) is 11.5 Å². The van der Waals surface area contributed by atoms with Crippen molar-refractivity contribution in [2.45, 2.75) is 37.2 Å². The number of methoxy groups -OCH3 is 1. The van der Waals surface area contributed by atoms with Crippen LogP contribution in [-0.2, 0) is 14.8 Å². The summed E-state index contributed by atoms with van der Waals surface area (Å²) in [5.74, 6) is -0.523. The van der Waals surface area contributed by atoms with Gasteiger partial charge in [-0.1, -0.05) is 0 Å². The van der Waals surface area contributed by atoms with Gasteiger partial charge in [0.05, 0.1) is 0 Å². The second-order valence-corrected chi connectivity index (χ2v) is 16.3. The number of carbonyl (C=O) groups is 1. The molecule has 0 bridgehead atoms. The van der Waals surface area contributed by atoms with Crippen molar-refractivity contribution in [3.63, 3.8) is 0 Å². The van der Waals surface area contributed by atoms with Gasteiger partial charge in [-0.25, -0.2) is 0 Å². The predicted molar refractivity (Wildman–Crippen MR) is 124 cm³/mol. The number of esters is 1. The summed E-state index contributed by atoms with van der Waals surface area (Å²) in [6, 6.07) is 13.2. The van der Waals surface area contributed by atoms with Gasteiger partial charge in [-0.05, 0) is 0 Å². The molecule has 0 atom stereocenters. The van der Waals surface area contributed by atoms with E-state index in [1.54, 1.807) is 0 Å². The van der Waals surface area contributed by atoms with Gasteiger partial charge in [-0.2, -0.15) is 0 Å². The molecule has 0 aliphatic carbocycles. The zero-order valence-electron chi connectivity index (χ0n) is 19.2. The molecule has 0 saturated heterocycles. The topological polar surface area (TPSA) is 54.0 Å². The summed E-state index contributed by atoms with van der Waals surface area (Å²) in [4.78, 5) is 13.0. The standard InChI is InChI=1S/C23H29F3O5SeSi/c1-28-16-31-20-13-18(30-15-23(24,25)26)12-17(14-32-19-8-6-5-7-9-19)21(20)22(27)29-10-11-33(2,3)4/h5-9,12-13H,10-11,14-16H2,1-4H3. The molecule has 0 spiro atoms. The zero-order chi connectivity index (χ0) is 24.5. The third-order valence-electron chi connectivity index (χ3n) is 4.32. The number of rotatable bonds is 12. The molecule has 0 aromatic heterocycles. The van der Waals surface area contributed by atoms with Gasteiger partial charge in [0.15, 0.2) is 0 Å². The minimum absolute atomic E-state index is 0.0315. The molecule has 2 rings (SSSR count). The molecule has 0 fully saturated rings. The van der Waals surface area contributed by atoms with E-state index >= 15 is 0 Å². The van der Waals surface area contributed by atoms with Gasteiger partial charge in [0.2, 0.25) is 0 Å². The number of halogens is 3. The van der Waals surface area contributed by atoms with Crippen LogP contribution in [0.5, 0.6) is 11.5 Å². The normalized spacial score (nSPS) is 11.8. The molecule has 0 heterocycles. The summed E-state index contributed by atoms with van der Waals surface area (Å²) in [5.41, 5.74) is 0.711. The Morgan fingerprint density at radius 1 is 1.06 bits per heavy atom. The molecule has 0 aliphatic heterocycles. The number of ether oxygens (including phenoxy) is 4. The summed E-state index contributed by atoms with van der Waals surface area (Å²) < 4.78 is 60.2. The number of benzene rings is 2. The summed E-state index contributed by atoms with van der Waals surface area (Å²) in [5, 5.41) is 0.446. The van der Waals surface area contributed by atoms with E-state index in [4.69, 9.17) is 18.9 Å². The van der Waals surface area contributed by atoms with Crippen LogP contribution in [0.2, 0.25) is 25.7 Å². The summed E-state index contributed by atoms with van der Waals surface area (Å²) in [7, 11) is -0.00990. The van der Waals surface area contributed by atoms with Crippen LogP contribution >= 0.6 is 0 Å². The van der Waals surface area contributed by atoms with E-state index in [0.717, 1.165) is 10.5 Å². The van der Waals surface area contributed by atoms with Crippen molar-refractivity contribution in [1.29, 1.82) is 0 Å². The molecule has 33 heavy (non-hydrogen) atoms. The van der Waals surface area contributed by atoms with Crippen LogP contribution in [0.3, 0.4) is 0 Å². The quantitative estimate of drug-likeness (QED) is 0.220. The minimum atomic E-state index is -4.49. The van der Waals surface area contributed by atoms with Crippen molar-refractivity contribution in [2.75, 3.05) is 27.1 Å². The molecular weight excluding hydrogens is 520 g/mol. The molecule has 0 radical (unpaired) electrons. The number of hydrogen-bond donors (Lipinski definition) is 0. The number of hydrogen-bond acceptors (Lipinski definition) is 5. The fourth-order valence-electron chi connectivity index (χ4n) is 2.68. The van der Waals surface area contributed by atoms with Crippen molar-refractivity contribution in [2.24, 2.45) is 0 Å². The molecule has 182 valence electrons. The molecule has 0 aliphatic rings. The molecule has 0 saturated carbocycles. The van der Waals surface area contributed by atoms with Crippen LogP contribution in [-0.4, -0.2) is 62.3 Å². The number of carbonyl (C=O) groups excluding carboxylic acids is 1. The molecular formula is C23H29F3O5SeSi. The average Bonchev–Trinajstić information content (AvgIpc) is 2.73. The van der Waals surface area contributed by atoms with Gasteiger partial charge in [-0.3, -0.25) is 0 Å². The van der Waals surface area contributed by atoms with Gasteiger partial charge >= 0.3 is 200 Å². The Morgan fingerprint density at radius 3 is 2.36 bits per heavy atom. The van der Waals surface area contributed by atoms with Crippen LogP contribution in [0.1, 0.15) is 15.9 Å². The van der Waals surface area contributed by atoms with Gasteiger partial charge in [0.1, 0.15) is 0 Å². The van der Waals surface area contributed by atoms with Crippen molar-refractivity contribution >= 4 is 33.5 Å². The Hall–Kier alpha value is -2.00. The van der Waals surface area contributed by atoms with Crippen LogP contribution in [0.15, 0.2) is 42.5 Å². The number of alkyl halides is 3. The van der Waals surface area contributed by atoms with E-state index in [0.29, 0.717) is 10.9 Å². The first kappa shape index (κ1) is 27.2. The molecule has 2 aromatic rings.